The second-order valence-electron chi connectivity index (χ2n) is 6.75. The molecule has 0 saturated heterocycles. The molecule has 0 aliphatic heterocycles. The largest absolute Gasteiger partial charge is 0.497 e. The van der Waals surface area contributed by atoms with Crippen molar-refractivity contribution >= 4 is 33.5 Å². The predicted octanol–water partition coefficient (Wildman–Crippen LogP) is 3.21. The number of ether oxygens (including phenoxy) is 4. The highest BCUT2D eigenvalue weighted by atomic mass is 79.9. The van der Waals surface area contributed by atoms with Crippen molar-refractivity contribution in [2.24, 2.45) is 0 Å². The Hall–Kier alpha value is -3.86. The van der Waals surface area contributed by atoms with Gasteiger partial charge in [0.25, 0.3) is 11.5 Å². The third-order valence-electron chi connectivity index (χ3n) is 4.41. The molecule has 34 heavy (non-hydrogen) atoms. The molecule has 0 unspecified atom stereocenters. The van der Waals surface area contributed by atoms with Gasteiger partial charge in [-0.2, -0.15) is 9.78 Å². The lowest BCUT2D eigenvalue weighted by molar-refractivity contribution is -0.118. The Morgan fingerprint density at radius 3 is 2.38 bits per heavy atom. The summed E-state index contributed by atoms with van der Waals surface area (Å²) >= 11 is 3.34. The van der Waals surface area contributed by atoms with Crippen molar-refractivity contribution in [3.63, 3.8) is 0 Å². The number of nitrogens with zero attached hydrogens (tertiary/aromatic N) is 2. The number of esters is 1. The molecule has 1 N–H and O–H groups in total. The highest BCUT2D eigenvalue weighted by Gasteiger charge is 2.21. The van der Waals surface area contributed by atoms with E-state index in [1.54, 1.807) is 49.4 Å². The Balaban J connectivity index is 1.84. The lowest BCUT2D eigenvalue weighted by Gasteiger charge is -2.13. The molecular weight excluding hydrogens is 510 g/mol. The van der Waals surface area contributed by atoms with Gasteiger partial charge in [0.1, 0.15) is 11.5 Å². The Labute approximate surface area is 203 Å². The van der Waals surface area contributed by atoms with Crippen molar-refractivity contribution in [3.8, 4) is 22.9 Å². The second-order valence-corrected chi connectivity index (χ2v) is 7.66. The van der Waals surface area contributed by atoms with Gasteiger partial charge in [0, 0.05) is 28.4 Å². The van der Waals surface area contributed by atoms with Crippen LogP contribution in [0.25, 0.3) is 5.69 Å². The molecule has 178 valence electrons. The molecule has 0 saturated carbocycles. The third kappa shape index (κ3) is 6.13. The zero-order valence-electron chi connectivity index (χ0n) is 18.7. The standard InChI is InChI=1S/C23H22BrN3O7/c1-4-33-23(30)22-19(12-21(29)27(26-22)16-7-5-6-14(24)8-16)34-13-20(28)25-15-9-17(31-2)11-18(10-15)32-3/h5-12H,4,13H2,1-3H3,(H,25,28). The van der Waals surface area contributed by atoms with Gasteiger partial charge >= 0.3 is 5.97 Å². The van der Waals surface area contributed by atoms with Gasteiger partial charge < -0.3 is 24.3 Å². The zero-order valence-corrected chi connectivity index (χ0v) is 20.2. The zero-order chi connectivity index (χ0) is 24.7. The molecule has 0 radical (unpaired) electrons. The number of rotatable bonds is 9. The Morgan fingerprint density at radius 2 is 1.76 bits per heavy atom. The minimum atomic E-state index is -0.792. The maximum atomic E-state index is 12.7. The molecule has 0 aliphatic carbocycles. The molecule has 10 nitrogen and oxygen atoms in total. The lowest BCUT2D eigenvalue weighted by Crippen LogP contribution is -2.27. The fourth-order valence-corrected chi connectivity index (χ4v) is 3.29. The van der Waals surface area contributed by atoms with E-state index in [2.05, 4.69) is 26.3 Å². The van der Waals surface area contributed by atoms with Gasteiger partial charge in [-0.15, -0.1) is 0 Å². The summed E-state index contributed by atoms with van der Waals surface area (Å²) in [4.78, 5) is 37.6. The van der Waals surface area contributed by atoms with Crippen LogP contribution >= 0.6 is 15.9 Å². The lowest BCUT2D eigenvalue weighted by atomic mass is 10.2. The predicted molar refractivity (Wildman–Crippen MR) is 127 cm³/mol. The van der Waals surface area contributed by atoms with Gasteiger partial charge in [0.05, 0.1) is 32.6 Å². The van der Waals surface area contributed by atoms with E-state index in [-0.39, 0.29) is 18.1 Å². The fraction of sp³-hybridized carbons (Fsp3) is 0.217. The monoisotopic (exact) mass is 531 g/mol. The van der Waals surface area contributed by atoms with Crippen LogP contribution in [0.5, 0.6) is 17.2 Å². The summed E-state index contributed by atoms with van der Waals surface area (Å²) in [6, 6.07) is 12.8. The van der Waals surface area contributed by atoms with Gasteiger partial charge in [0.15, 0.2) is 12.4 Å². The number of hydrogen-bond acceptors (Lipinski definition) is 8. The summed E-state index contributed by atoms with van der Waals surface area (Å²) in [6.45, 7) is 1.24. The number of amides is 1. The van der Waals surface area contributed by atoms with Gasteiger partial charge in [-0.1, -0.05) is 22.0 Å². The summed E-state index contributed by atoms with van der Waals surface area (Å²) in [5.74, 6) is -0.533. The van der Waals surface area contributed by atoms with Crippen LogP contribution < -0.4 is 25.1 Å². The van der Waals surface area contributed by atoms with Crippen LogP contribution in [0.4, 0.5) is 5.69 Å². The van der Waals surface area contributed by atoms with Gasteiger partial charge in [-0.3, -0.25) is 9.59 Å². The number of halogens is 1. The van der Waals surface area contributed by atoms with E-state index in [0.29, 0.717) is 22.9 Å². The van der Waals surface area contributed by atoms with E-state index in [1.165, 1.54) is 14.2 Å². The summed E-state index contributed by atoms with van der Waals surface area (Å²) in [7, 11) is 2.98. The van der Waals surface area contributed by atoms with Crippen molar-refractivity contribution in [1.29, 1.82) is 0 Å². The molecule has 0 fully saturated rings. The number of nitrogens with one attached hydrogen (secondary N) is 1. The number of methoxy groups -OCH3 is 2. The van der Waals surface area contributed by atoms with Crippen molar-refractivity contribution in [2.75, 3.05) is 32.8 Å². The fourth-order valence-electron chi connectivity index (χ4n) is 2.90. The average Bonchev–Trinajstić information content (AvgIpc) is 2.82. The van der Waals surface area contributed by atoms with Crippen LogP contribution in [0, 0.1) is 0 Å². The SMILES string of the molecule is CCOC(=O)c1nn(-c2cccc(Br)c2)c(=O)cc1OCC(=O)Nc1cc(OC)cc(OC)c1. The molecule has 1 amide bonds. The van der Waals surface area contributed by atoms with Crippen LogP contribution in [0.15, 0.2) is 57.8 Å². The van der Waals surface area contributed by atoms with Gasteiger partial charge in [-0.05, 0) is 25.1 Å². The number of hydrogen-bond donors (Lipinski definition) is 1. The minimum absolute atomic E-state index is 0.0914. The number of aromatic nitrogens is 2. The summed E-state index contributed by atoms with van der Waals surface area (Å²) < 4.78 is 22.7. The van der Waals surface area contributed by atoms with E-state index in [0.717, 1.165) is 15.2 Å². The van der Waals surface area contributed by atoms with Crippen LogP contribution in [0.3, 0.4) is 0 Å². The molecule has 11 heteroatoms. The van der Waals surface area contributed by atoms with Crippen molar-refractivity contribution in [3.05, 3.63) is 69.1 Å². The minimum Gasteiger partial charge on any atom is -0.497 e. The number of benzene rings is 2. The quantitative estimate of drug-likeness (QED) is 0.418. The van der Waals surface area contributed by atoms with Gasteiger partial charge in [-0.25, -0.2) is 4.79 Å². The number of carbonyl (C=O) groups is 2. The molecule has 2 aromatic carbocycles. The molecule has 3 rings (SSSR count). The highest BCUT2D eigenvalue weighted by molar-refractivity contribution is 9.10. The van der Waals surface area contributed by atoms with Crippen molar-refractivity contribution in [1.82, 2.24) is 9.78 Å². The van der Waals surface area contributed by atoms with Crippen LogP contribution in [0.2, 0.25) is 0 Å². The van der Waals surface area contributed by atoms with E-state index < -0.39 is 24.0 Å². The van der Waals surface area contributed by atoms with Crippen molar-refractivity contribution < 1.29 is 28.5 Å². The maximum absolute atomic E-state index is 12.7. The summed E-state index contributed by atoms with van der Waals surface area (Å²) in [6.07, 6.45) is 0. The average molecular weight is 532 g/mol. The molecule has 0 spiro atoms. The molecule has 3 aromatic rings. The topological polar surface area (TPSA) is 118 Å². The number of anilines is 1. The first-order valence-corrected chi connectivity index (χ1v) is 10.9. The van der Waals surface area contributed by atoms with Gasteiger partial charge in [0.2, 0.25) is 5.69 Å². The van der Waals surface area contributed by atoms with E-state index in [9.17, 15) is 14.4 Å². The van der Waals surface area contributed by atoms with Crippen LogP contribution in [-0.2, 0) is 9.53 Å². The molecule has 0 atom stereocenters. The summed E-state index contributed by atoms with van der Waals surface area (Å²) in [5, 5.41) is 6.77. The first-order chi connectivity index (χ1) is 16.3. The number of carbonyl (C=O) groups excluding carboxylic acids is 2. The molecule has 0 bridgehead atoms. The Morgan fingerprint density at radius 1 is 1.06 bits per heavy atom. The highest BCUT2D eigenvalue weighted by Crippen LogP contribution is 2.26. The first kappa shape index (κ1) is 24.8. The molecule has 0 aliphatic rings. The summed E-state index contributed by atoms with van der Waals surface area (Å²) in [5.41, 5.74) is 0.0520. The maximum Gasteiger partial charge on any atom is 0.362 e. The molecule has 1 heterocycles. The smallest absolute Gasteiger partial charge is 0.362 e. The van der Waals surface area contributed by atoms with E-state index in [1.807, 2.05) is 0 Å². The van der Waals surface area contributed by atoms with E-state index >= 15 is 0 Å². The first-order valence-electron chi connectivity index (χ1n) is 10.1. The normalized spacial score (nSPS) is 10.4. The molecule has 1 aromatic heterocycles. The molecular formula is C23H22BrN3O7. The third-order valence-corrected chi connectivity index (χ3v) is 4.91. The Kier molecular flexibility index (Phi) is 8.25. The second kappa shape index (κ2) is 11.3. The van der Waals surface area contributed by atoms with Crippen LogP contribution in [0.1, 0.15) is 17.4 Å². The Bertz CT molecular complexity index is 1240. The van der Waals surface area contributed by atoms with Crippen LogP contribution in [-0.4, -0.2) is 49.1 Å². The van der Waals surface area contributed by atoms with E-state index in [4.69, 9.17) is 18.9 Å². The van der Waals surface area contributed by atoms with Crippen molar-refractivity contribution in [2.45, 2.75) is 6.92 Å².